The number of amides is 2. The number of likely N-dealkylation sites (tertiary alicyclic amines) is 2. The van der Waals surface area contributed by atoms with Crippen molar-refractivity contribution < 1.29 is 9.59 Å². The van der Waals surface area contributed by atoms with Gasteiger partial charge in [0.25, 0.3) is 11.8 Å². The molecule has 0 saturated carbocycles. The first-order chi connectivity index (χ1) is 17.1. The van der Waals surface area contributed by atoms with Crippen LogP contribution in [0, 0.1) is 11.5 Å². The fraction of sp³-hybridized carbons (Fsp3) is 0.500. The van der Waals surface area contributed by atoms with Crippen molar-refractivity contribution in [3.63, 3.8) is 0 Å². The Hall–Kier alpha value is -3.44. The van der Waals surface area contributed by atoms with Crippen LogP contribution >= 0.6 is 0 Å². The zero-order valence-electron chi connectivity index (χ0n) is 21.9. The monoisotopic (exact) mass is 488 g/mol. The Labute approximate surface area is 214 Å². The molecule has 2 saturated heterocycles. The maximum absolute atomic E-state index is 14.2. The van der Waals surface area contributed by atoms with E-state index in [4.69, 9.17) is 0 Å². The lowest BCUT2D eigenvalue weighted by atomic mass is 9.87. The minimum atomic E-state index is -0.865. The fourth-order valence-corrected chi connectivity index (χ4v) is 4.90. The smallest absolute Gasteiger partial charge is 0.251 e. The molecule has 1 aromatic heterocycles. The summed E-state index contributed by atoms with van der Waals surface area (Å²) in [5.41, 5.74) is 2.39. The number of hydrogen-bond acceptors (Lipinski definition) is 6. The van der Waals surface area contributed by atoms with Crippen LogP contribution in [0.5, 0.6) is 0 Å². The van der Waals surface area contributed by atoms with Crippen molar-refractivity contribution in [3.05, 3.63) is 59.9 Å². The quantitative estimate of drug-likeness (QED) is 0.581. The Kier molecular flexibility index (Phi) is 7.32. The highest BCUT2D eigenvalue weighted by Gasteiger charge is 2.44. The number of benzene rings is 1. The first-order valence-electron chi connectivity index (χ1n) is 12.6. The number of carbonyl (C=O) groups excluding carboxylic acids is 2. The lowest BCUT2D eigenvalue weighted by Crippen LogP contribution is -2.62. The number of anilines is 1. The number of nitriles is 1. The van der Waals surface area contributed by atoms with Gasteiger partial charge in [-0.05, 0) is 56.1 Å². The Morgan fingerprint density at radius 2 is 1.83 bits per heavy atom. The van der Waals surface area contributed by atoms with Crippen LogP contribution in [0.15, 0.2) is 48.8 Å². The van der Waals surface area contributed by atoms with E-state index < -0.39 is 12.1 Å². The summed E-state index contributed by atoms with van der Waals surface area (Å²) in [5.74, 6) is -0.361. The third-order valence-corrected chi connectivity index (χ3v) is 7.31. The Balaban J connectivity index is 1.78. The summed E-state index contributed by atoms with van der Waals surface area (Å²) in [6.45, 7) is 8.19. The lowest BCUT2D eigenvalue weighted by Gasteiger charge is -2.45. The van der Waals surface area contributed by atoms with Crippen molar-refractivity contribution in [1.29, 1.82) is 5.26 Å². The zero-order chi connectivity index (χ0) is 26.0. The zero-order valence-corrected chi connectivity index (χ0v) is 21.9. The van der Waals surface area contributed by atoms with E-state index in [0.29, 0.717) is 43.3 Å². The summed E-state index contributed by atoms with van der Waals surface area (Å²) in [6, 6.07) is 10.3. The van der Waals surface area contributed by atoms with Gasteiger partial charge in [-0.15, -0.1) is 0 Å². The van der Waals surface area contributed by atoms with Crippen molar-refractivity contribution in [2.45, 2.75) is 57.2 Å². The molecule has 0 spiro atoms. The topological polar surface area (TPSA) is 83.8 Å². The first-order valence-corrected chi connectivity index (χ1v) is 12.6. The predicted molar refractivity (Wildman–Crippen MR) is 139 cm³/mol. The van der Waals surface area contributed by atoms with Crippen molar-refractivity contribution >= 4 is 17.5 Å². The summed E-state index contributed by atoms with van der Waals surface area (Å²) >= 11 is 0. The van der Waals surface area contributed by atoms with Crippen molar-refractivity contribution in [2.24, 2.45) is 0 Å². The first kappa shape index (κ1) is 25.6. The van der Waals surface area contributed by atoms with Gasteiger partial charge in [0.05, 0.1) is 0 Å². The van der Waals surface area contributed by atoms with Gasteiger partial charge in [-0.1, -0.05) is 39.0 Å². The highest BCUT2D eigenvalue weighted by molar-refractivity contribution is 6.04. The van der Waals surface area contributed by atoms with Crippen LogP contribution in [-0.2, 0) is 15.0 Å². The third-order valence-electron chi connectivity index (χ3n) is 7.31. The van der Waals surface area contributed by atoms with Gasteiger partial charge in [-0.2, -0.15) is 5.26 Å². The van der Waals surface area contributed by atoms with Crippen LogP contribution in [0.2, 0.25) is 0 Å². The van der Waals surface area contributed by atoms with Crippen LogP contribution in [-0.4, -0.2) is 77.3 Å². The van der Waals surface area contributed by atoms with Crippen molar-refractivity contribution in [3.8, 4) is 6.19 Å². The number of aromatic nitrogens is 1. The largest absolute Gasteiger partial charge is 0.337 e. The van der Waals surface area contributed by atoms with E-state index in [1.165, 1.54) is 4.90 Å². The second kappa shape index (κ2) is 10.3. The Bertz CT molecular complexity index is 1110. The average Bonchev–Trinajstić information content (AvgIpc) is 3.30. The van der Waals surface area contributed by atoms with E-state index >= 15 is 0 Å². The highest BCUT2D eigenvalue weighted by Crippen LogP contribution is 2.35. The summed E-state index contributed by atoms with van der Waals surface area (Å²) in [4.78, 5) is 39.5. The van der Waals surface area contributed by atoms with E-state index in [0.717, 1.165) is 12.0 Å². The third kappa shape index (κ3) is 5.07. The van der Waals surface area contributed by atoms with Crippen molar-refractivity contribution in [2.75, 3.05) is 38.6 Å². The molecule has 2 unspecified atom stereocenters. The van der Waals surface area contributed by atoms with Crippen LogP contribution in [0.1, 0.15) is 50.8 Å². The second-order valence-corrected chi connectivity index (χ2v) is 11.0. The van der Waals surface area contributed by atoms with Gasteiger partial charge in [0.1, 0.15) is 12.1 Å². The van der Waals surface area contributed by atoms with Crippen molar-refractivity contribution in [1.82, 2.24) is 19.7 Å². The van der Waals surface area contributed by atoms with Gasteiger partial charge in [0.15, 0.2) is 6.19 Å². The van der Waals surface area contributed by atoms with E-state index in [9.17, 15) is 14.9 Å². The molecule has 190 valence electrons. The number of hydrogen-bond donors (Lipinski definition) is 0. The molecule has 0 aliphatic carbocycles. The summed E-state index contributed by atoms with van der Waals surface area (Å²) < 4.78 is 0. The molecule has 2 aliphatic rings. The molecule has 4 rings (SSSR count). The number of rotatable bonds is 6. The fourth-order valence-electron chi connectivity index (χ4n) is 4.90. The number of nitrogens with zero attached hydrogens (tertiary/aromatic N) is 6. The van der Waals surface area contributed by atoms with E-state index in [1.54, 1.807) is 23.4 Å². The Morgan fingerprint density at radius 1 is 1.14 bits per heavy atom. The molecule has 1 aromatic carbocycles. The van der Waals surface area contributed by atoms with Gasteiger partial charge in [0.2, 0.25) is 0 Å². The average molecular weight is 489 g/mol. The van der Waals surface area contributed by atoms with Crippen LogP contribution in [0.4, 0.5) is 5.69 Å². The predicted octanol–water partition coefficient (Wildman–Crippen LogP) is 3.17. The highest BCUT2D eigenvalue weighted by atomic mass is 16.2. The molecule has 2 aliphatic heterocycles. The lowest BCUT2D eigenvalue weighted by molar-refractivity contribution is -0.141. The molecule has 8 heteroatoms. The normalized spacial score (nSPS) is 19.1. The molecule has 2 fully saturated rings. The Morgan fingerprint density at radius 3 is 2.39 bits per heavy atom. The van der Waals surface area contributed by atoms with Gasteiger partial charge >= 0.3 is 0 Å². The summed E-state index contributed by atoms with van der Waals surface area (Å²) in [7, 11) is 4.02. The van der Waals surface area contributed by atoms with Gasteiger partial charge in [-0.25, -0.2) is 0 Å². The molecule has 0 N–H and O–H groups in total. The van der Waals surface area contributed by atoms with Crippen LogP contribution in [0.25, 0.3) is 0 Å². The summed E-state index contributed by atoms with van der Waals surface area (Å²) in [5, 5.41) is 9.66. The number of carbonyl (C=O) groups is 2. The van der Waals surface area contributed by atoms with E-state index in [2.05, 4.69) is 36.8 Å². The second-order valence-electron chi connectivity index (χ2n) is 11.0. The summed E-state index contributed by atoms with van der Waals surface area (Å²) in [6.07, 6.45) is 6.85. The molecular weight excluding hydrogens is 452 g/mol. The van der Waals surface area contributed by atoms with E-state index in [-0.39, 0.29) is 17.2 Å². The number of pyridine rings is 1. The molecule has 2 amide bonds. The van der Waals surface area contributed by atoms with Gasteiger partial charge in [0, 0.05) is 49.3 Å². The molecule has 2 atom stereocenters. The molecular formula is C28H36N6O2. The molecule has 36 heavy (non-hydrogen) atoms. The molecule has 2 aromatic rings. The van der Waals surface area contributed by atoms with Gasteiger partial charge < -0.3 is 9.80 Å². The van der Waals surface area contributed by atoms with Crippen LogP contribution in [0.3, 0.4) is 0 Å². The maximum atomic E-state index is 14.2. The minimum absolute atomic E-state index is 0.0478. The minimum Gasteiger partial charge on any atom is -0.337 e. The maximum Gasteiger partial charge on any atom is 0.251 e. The van der Waals surface area contributed by atoms with E-state index in [1.807, 2.05) is 49.3 Å². The standard InChI is InChI=1S/C28H36N6O2/c1-28(2,3)21-10-12-22(13-11-21)34(26(35)24-9-7-15-32(24)19-29)25(20-8-6-14-30-16-20)27(36)33-17-23(18-33)31(4)5/h6,8,10-14,16,23-25H,7,9,15,17-18H2,1-5H3. The van der Waals surface area contributed by atoms with Gasteiger partial charge in [-0.3, -0.25) is 24.4 Å². The van der Waals surface area contributed by atoms with Crippen LogP contribution < -0.4 is 4.90 Å². The molecule has 0 bridgehead atoms. The number of likely N-dealkylation sites (N-methyl/N-ethyl adjacent to an activating group) is 1. The molecule has 3 heterocycles. The molecule has 0 radical (unpaired) electrons. The molecule has 8 nitrogen and oxygen atoms in total. The SMILES string of the molecule is CN(C)C1CN(C(=O)C(c2cccnc2)N(C(=O)C2CCCN2C#N)c2ccc(C(C)(C)C)cc2)C1.